The maximum absolute atomic E-state index is 10.3. The molecule has 0 amide bonds. The number of fused-ring (bicyclic) bond motifs is 1. The quantitative estimate of drug-likeness (QED) is 0.131. The Morgan fingerprint density at radius 2 is 1.79 bits per heavy atom. The molecule has 2 heterocycles. The Labute approximate surface area is 276 Å². The van der Waals surface area contributed by atoms with E-state index in [0.29, 0.717) is 27.8 Å². The van der Waals surface area contributed by atoms with Gasteiger partial charge < -0.3 is 45.2 Å². The van der Waals surface area contributed by atoms with Crippen molar-refractivity contribution in [1.82, 2.24) is 10.3 Å². The number of aliphatic hydroxyl groups excluding tert-OH is 5. The second-order valence-corrected chi connectivity index (χ2v) is 11.6. The average molecular weight is 666 g/mol. The number of nitriles is 1. The zero-order chi connectivity index (χ0) is 33.5. The van der Waals surface area contributed by atoms with E-state index >= 15 is 0 Å². The molecular weight excluding hydrogens is 630 g/mol. The fourth-order valence-corrected chi connectivity index (χ4v) is 5.44. The number of allylic oxidation sites excluding steroid dienone is 2. The predicted octanol–water partition coefficient (Wildman–Crippen LogP) is 2.60. The second kappa shape index (κ2) is 15.7. The van der Waals surface area contributed by atoms with E-state index in [-0.39, 0.29) is 38.1 Å². The molecule has 0 spiro atoms. The number of halogens is 1. The summed E-state index contributed by atoms with van der Waals surface area (Å²) < 4.78 is 12.3. The highest BCUT2D eigenvalue weighted by Crippen LogP contribution is 2.39. The Bertz CT molecular complexity index is 1670. The van der Waals surface area contributed by atoms with Gasteiger partial charge in [-0.05, 0) is 41.8 Å². The fourth-order valence-electron chi connectivity index (χ4n) is 5.20. The Morgan fingerprint density at radius 3 is 2.53 bits per heavy atom. The topological polar surface area (TPSA) is 187 Å². The standard InChI is InChI=1S/C34H36ClN3O9/c1-19-20(5-2-8-24(19)25-9-4-10-29-34(25)47-46-29)17-44-31-12-30(45-18-23-7-3-6-22(13-36)38-23)21(11-26(31)35)14-37-15-27(40)32(42)33(43)28(41)16-39/h2-9,11-12,27-29,32-33,37,39-43H,10,14-18H2,1H3. The van der Waals surface area contributed by atoms with Crippen LogP contribution in [0.15, 0.2) is 66.4 Å². The molecule has 248 valence electrons. The summed E-state index contributed by atoms with van der Waals surface area (Å²) in [5.74, 6) is 1.57. The highest BCUT2D eigenvalue weighted by Gasteiger charge is 2.34. The SMILES string of the molecule is Cc1c(COc2cc(OCc3cccc(C#N)n3)c(CNCC(O)C(O)C(O)C(O)CO)cc2Cl)cccc1C1=C2OOC2CC=C1. The van der Waals surface area contributed by atoms with Gasteiger partial charge in [-0.25, -0.2) is 4.98 Å². The number of hydrogen-bond acceptors (Lipinski definition) is 12. The second-order valence-electron chi connectivity index (χ2n) is 11.2. The van der Waals surface area contributed by atoms with Crippen molar-refractivity contribution >= 4 is 17.2 Å². The van der Waals surface area contributed by atoms with Gasteiger partial charge in [0.1, 0.15) is 54.8 Å². The smallest absolute Gasteiger partial charge is 0.183 e. The molecule has 1 aromatic heterocycles. The number of hydrogen-bond donors (Lipinski definition) is 6. The van der Waals surface area contributed by atoms with Gasteiger partial charge >= 0.3 is 0 Å². The number of benzene rings is 2. The third-order valence-corrected chi connectivity index (χ3v) is 8.27. The minimum atomic E-state index is -1.74. The van der Waals surface area contributed by atoms with Crippen LogP contribution in [0.2, 0.25) is 5.02 Å². The molecule has 0 bridgehead atoms. The molecule has 1 aliphatic heterocycles. The lowest BCUT2D eigenvalue weighted by molar-refractivity contribution is -0.375. The predicted molar refractivity (Wildman–Crippen MR) is 170 cm³/mol. The summed E-state index contributed by atoms with van der Waals surface area (Å²) >= 11 is 6.67. The third kappa shape index (κ3) is 8.10. The van der Waals surface area contributed by atoms with Crippen LogP contribution in [0, 0.1) is 18.3 Å². The van der Waals surface area contributed by atoms with Gasteiger partial charge in [0.2, 0.25) is 0 Å². The van der Waals surface area contributed by atoms with E-state index in [1.165, 1.54) is 0 Å². The van der Waals surface area contributed by atoms with Crippen molar-refractivity contribution in [1.29, 1.82) is 5.26 Å². The lowest BCUT2D eigenvalue weighted by Gasteiger charge is -2.32. The first kappa shape index (κ1) is 34.3. The van der Waals surface area contributed by atoms with E-state index in [2.05, 4.69) is 16.4 Å². The molecule has 0 saturated carbocycles. The molecule has 6 N–H and O–H groups in total. The third-order valence-electron chi connectivity index (χ3n) is 7.97. The van der Waals surface area contributed by atoms with Crippen molar-refractivity contribution in [2.75, 3.05) is 13.2 Å². The van der Waals surface area contributed by atoms with Crippen LogP contribution in [0.3, 0.4) is 0 Å². The van der Waals surface area contributed by atoms with Gasteiger partial charge in [0, 0.05) is 36.7 Å². The lowest BCUT2D eigenvalue weighted by atomic mass is 9.91. The number of aliphatic hydroxyl groups is 5. The van der Waals surface area contributed by atoms with Crippen LogP contribution in [0.5, 0.6) is 11.5 Å². The van der Waals surface area contributed by atoms with Crippen LogP contribution >= 0.6 is 11.6 Å². The Balaban J connectivity index is 1.32. The van der Waals surface area contributed by atoms with Gasteiger partial charge in [-0.1, -0.05) is 48.0 Å². The van der Waals surface area contributed by atoms with Crippen molar-refractivity contribution in [2.45, 2.75) is 63.6 Å². The number of aromatic nitrogens is 1. The molecule has 13 heteroatoms. The summed E-state index contributed by atoms with van der Waals surface area (Å²) in [6.07, 6.45) is -1.70. The highest BCUT2D eigenvalue weighted by molar-refractivity contribution is 6.32. The molecule has 3 aromatic rings. The molecule has 12 nitrogen and oxygen atoms in total. The van der Waals surface area contributed by atoms with Crippen LogP contribution in [0.4, 0.5) is 0 Å². The maximum Gasteiger partial charge on any atom is 0.183 e. The van der Waals surface area contributed by atoms with E-state index in [9.17, 15) is 25.7 Å². The van der Waals surface area contributed by atoms with Crippen LogP contribution < -0.4 is 14.8 Å². The molecule has 47 heavy (non-hydrogen) atoms. The van der Waals surface area contributed by atoms with Crippen LogP contribution in [-0.2, 0) is 29.5 Å². The van der Waals surface area contributed by atoms with Crippen molar-refractivity contribution < 1.29 is 44.8 Å². The fraction of sp³-hybridized carbons (Fsp3) is 0.353. The molecule has 5 unspecified atom stereocenters. The average Bonchev–Trinajstić information content (AvgIpc) is 3.07. The molecule has 1 fully saturated rings. The van der Waals surface area contributed by atoms with Gasteiger partial charge in [0.25, 0.3) is 0 Å². The van der Waals surface area contributed by atoms with E-state index in [1.807, 2.05) is 37.3 Å². The number of nitrogens with zero attached hydrogens (tertiary/aromatic N) is 2. The molecule has 5 atom stereocenters. The first-order valence-corrected chi connectivity index (χ1v) is 15.4. The van der Waals surface area contributed by atoms with Gasteiger partial charge in [-0.3, -0.25) is 0 Å². The molecule has 2 aromatic carbocycles. The van der Waals surface area contributed by atoms with Crippen LogP contribution in [0.25, 0.3) is 5.57 Å². The zero-order valence-electron chi connectivity index (χ0n) is 25.5. The minimum Gasteiger partial charge on any atom is -0.487 e. The Kier molecular flexibility index (Phi) is 11.5. The largest absolute Gasteiger partial charge is 0.487 e. The molecule has 1 saturated heterocycles. The van der Waals surface area contributed by atoms with Crippen molar-refractivity contribution in [3.8, 4) is 17.6 Å². The van der Waals surface area contributed by atoms with Crippen molar-refractivity contribution in [3.05, 3.63) is 105 Å². The van der Waals surface area contributed by atoms with E-state index < -0.39 is 31.0 Å². The highest BCUT2D eigenvalue weighted by atomic mass is 35.5. The molecular formula is C34H36ClN3O9. The van der Waals surface area contributed by atoms with Gasteiger partial charge in [-0.2, -0.15) is 10.1 Å². The van der Waals surface area contributed by atoms with E-state index in [4.69, 9.17) is 36.0 Å². The van der Waals surface area contributed by atoms with Gasteiger partial charge in [0.05, 0.1) is 23.4 Å². The van der Waals surface area contributed by atoms with Crippen LogP contribution in [-0.4, -0.2) is 74.2 Å². The molecule has 0 radical (unpaired) electrons. The lowest BCUT2D eigenvalue weighted by Crippen LogP contribution is -2.48. The Morgan fingerprint density at radius 1 is 1.02 bits per heavy atom. The summed E-state index contributed by atoms with van der Waals surface area (Å²) in [5.41, 5.74) is 5.31. The summed E-state index contributed by atoms with van der Waals surface area (Å²) in [4.78, 5) is 14.7. The molecule has 5 rings (SSSR count). The van der Waals surface area contributed by atoms with Gasteiger partial charge in [-0.15, -0.1) is 0 Å². The Hall–Kier alpha value is -4.03. The first-order chi connectivity index (χ1) is 22.7. The van der Waals surface area contributed by atoms with Crippen LogP contribution in [0.1, 0.15) is 40.1 Å². The molecule has 1 aliphatic carbocycles. The van der Waals surface area contributed by atoms with E-state index in [0.717, 1.165) is 34.4 Å². The number of nitrogens with one attached hydrogen (secondary N) is 1. The normalized spacial score (nSPS) is 17.9. The van der Waals surface area contributed by atoms with Gasteiger partial charge in [0.15, 0.2) is 11.9 Å². The van der Waals surface area contributed by atoms with Crippen molar-refractivity contribution in [3.63, 3.8) is 0 Å². The summed E-state index contributed by atoms with van der Waals surface area (Å²) in [5, 5.41) is 61.5. The maximum atomic E-state index is 10.3. The monoisotopic (exact) mass is 665 g/mol. The first-order valence-electron chi connectivity index (χ1n) is 15.0. The summed E-state index contributed by atoms with van der Waals surface area (Å²) in [7, 11) is 0. The number of rotatable bonds is 15. The van der Waals surface area contributed by atoms with E-state index in [1.54, 1.807) is 30.3 Å². The zero-order valence-corrected chi connectivity index (χ0v) is 26.3. The number of pyridine rings is 1. The summed E-state index contributed by atoms with van der Waals surface area (Å²) in [6, 6.07) is 16.3. The minimum absolute atomic E-state index is 0.0368. The number of ether oxygens (including phenoxy) is 2. The van der Waals surface area contributed by atoms with Crippen molar-refractivity contribution in [2.24, 2.45) is 0 Å². The summed E-state index contributed by atoms with van der Waals surface area (Å²) in [6.45, 7) is 1.45. The molecule has 2 aliphatic rings.